The third kappa shape index (κ3) is 4.61. The Balaban J connectivity index is 1.90. The van der Waals surface area contributed by atoms with Crippen molar-refractivity contribution in [2.75, 3.05) is 0 Å². The van der Waals surface area contributed by atoms with Crippen molar-refractivity contribution in [1.29, 1.82) is 0 Å². The number of aryl methyl sites for hydroxylation is 1. The molecule has 1 heterocycles. The molecule has 1 aromatic heterocycles. The molecule has 5 nitrogen and oxygen atoms in total. The minimum atomic E-state index is -0.694. The maximum absolute atomic E-state index is 11.9. The average molecular weight is 386 g/mol. The largest absolute Gasteiger partial charge is 0.481 e. The van der Waals surface area contributed by atoms with Gasteiger partial charge in [-0.25, -0.2) is 5.43 Å². The quantitative estimate of drug-likeness (QED) is 0.627. The van der Waals surface area contributed by atoms with E-state index in [4.69, 9.17) is 20.8 Å². The van der Waals surface area contributed by atoms with E-state index in [1.54, 1.807) is 37.3 Å². The van der Waals surface area contributed by atoms with Gasteiger partial charge in [-0.3, -0.25) is 4.79 Å². The fourth-order valence-corrected chi connectivity index (χ4v) is 2.18. The van der Waals surface area contributed by atoms with Crippen molar-refractivity contribution in [3.63, 3.8) is 0 Å². The molecule has 1 amide bonds. The molecule has 0 saturated heterocycles. The van der Waals surface area contributed by atoms with Gasteiger partial charge in [-0.2, -0.15) is 5.10 Å². The lowest BCUT2D eigenvalue weighted by atomic mass is 10.2. The monoisotopic (exact) mass is 384 g/mol. The Morgan fingerprint density at radius 3 is 2.86 bits per heavy atom. The van der Waals surface area contributed by atoms with Crippen LogP contribution in [-0.2, 0) is 4.79 Å². The van der Waals surface area contributed by atoms with Crippen LogP contribution in [-0.4, -0.2) is 18.2 Å². The smallest absolute Gasteiger partial charge is 0.280 e. The number of benzene rings is 1. The molecule has 7 heteroatoms. The predicted octanol–water partition coefficient (Wildman–Crippen LogP) is 3.92. The molecule has 2 aromatic rings. The molecule has 1 atom stereocenters. The van der Waals surface area contributed by atoms with Gasteiger partial charge in [0.15, 0.2) is 10.8 Å². The van der Waals surface area contributed by atoms with Crippen molar-refractivity contribution in [1.82, 2.24) is 5.43 Å². The summed E-state index contributed by atoms with van der Waals surface area (Å²) >= 11 is 9.06. The van der Waals surface area contributed by atoms with Crippen LogP contribution in [0.2, 0.25) is 5.02 Å². The van der Waals surface area contributed by atoms with Crippen LogP contribution in [0.1, 0.15) is 18.2 Å². The second-order valence-electron chi connectivity index (χ2n) is 4.55. The Morgan fingerprint density at radius 2 is 2.23 bits per heavy atom. The number of carbonyl (C=O) groups excluding carboxylic acids is 1. The summed E-state index contributed by atoms with van der Waals surface area (Å²) in [5, 5.41) is 4.44. The summed E-state index contributed by atoms with van der Waals surface area (Å²) in [5.74, 6) is 0.761. The summed E-state index contributed by atoms with van der Waals surface area (Å²) in [6.45, 7) is 3.50. The lowest BCUT2D eigenvalue weighted by Crippen LogP contribution is -2.33. The molecule has 0 aliphatic rings. The van der Waals surface area contributed by atoms with Crippen LogP contribution in [0.15, 0.2) is 44.5 Å². The van der Waals surface area contributed by atoms with Gasteiger partial charge in [0.05, 0.1) is 6.21 Å². The summed E-state index contributed by atoms with van der Waals surface area (Å²) in [7, 11) is 0. The topological polar surface area (TPSA) is 63.8 Å². The van der Waals surface area contributed by atoms with Gasteiger partial charge in [0.25, 0.3) is 5.91 Å². The number of nitrogens with one attached hydrogen (secondary N) is 1. The summed E-state index contributed by atoms with van der Waals surface area (Å²) in [6.07, 6.45) is 0.712. The Hall–Kier alpha value is -1.79. The number of halogens is 2. The fourth-order valence-electron chi connectivity index (χ4n) is 1.64. The van der Waals surface area contributed by atoms with Crippen LogP contribution < -0.4 is 10.2 Å². The van der Waals surface area contributed by atoms with Crippen molar-refractivity contribution < 1.29 is 13.9 Å². The summed E-state index contributed by atoms with van der Waals surface area (Å²) in [4.78, 5) is 11.9. The molecular weight excluding hydrogens is 372 g/mol. The maximum Gasteiger partial charge on any atom is 0.280 e. The molecule has 0 radical (unpaired) electrons. The average Bonchev–Trinajstić information content (AvgIpc) is 2.87. The zero-order valence-corrected chi connectivity index (χ0v) is 14.3. The second-order valence-corrected chi connectivity index (χ2v) is 5.76. The van der Waals surface area contributed by atoms with Crippen molar-refractivity contribution in [2.45, 2.75) is 20.0 Å². The fraction of sp³-hybridized carbons (Fsp3) is 0.200. The zero-order valence-electron chi connectivity index (χ0n) is 12.0. The van der Waals surface area contributed by atoms with E-state index < -0.39 is 6.10 Å². The van der Waals surface area contributed by atoms with E-state index in [1.165, 1.54) is 6.21 Å². The van der Waals surface area contributed by atoms with Crippen LogP contribution in [0.4, 0.5) is 0 Å². The van der Waals surface area contributed by atoms with E-state index in [9.17, 15) is 4.79 Å². The Morgan fingerprint density at radius 1 is 1.45 bits per heavy atom. The first-order valence-electron chi connectivity index (χ1n) is 6.47. The number of hydrazone groups is 1. The molecule has 0 fully saturated rings. The number of hydrogen-bond donors (Lipinski definition) is 1. The molecule has 0 aliphatic heterocycles. The van der Waals surface area contributed by atoms with Crippen LogP contribution >= 0.6 is 27.5 Å². The molecule has 2 rings (SSSR count). The normalized spacial score (nSPS) is 12.4. The van der Waals surface area contributed by atoms with E-state index >= 15 is 0 Å². The summed E-state index contributed by atoms with van der Waals surface area (Å²) in [5.41, 5.74) is 3.25. The Kier molecular flexibility index (Phi) is 5.63. The van der Waals surface area contributed by atoms with Crippen LogP contribution in [0.5, 0.6) is 5.75 Å². The minimum absolute atomic E-state index is 0.365. The Labute approximate surface area is 141 Å². The second kappa shape index (κ2) is 7.47. The maximum atomic E-state index is 11.9. The highest BCUT2D eigenvalue weighted by molar-refractivity contribution is 9.10. The van der Waals surface area contributed by atoms with Gasteiger partial charge in [-0.1, -0.05) is 11.6 Å². The van der Waals surface area contributed by atoms with Crippen molar-refractivity contribution in [2.24, 2.45) is 5.10 Å². The van der Waals surface area contributed by atoms with Gasteiger partial charge in [-0.15, -0.1) is 0 Å². The predicted molar refractivity (Wildman–Crippen MR) is 88.4 cm³/mol. The van der Waals surface area contributed by atoms with Gasteiger partial charge in [-0.05, 0) is 65.7 Å². The van der Waals surface area contributed by atoms with E-state index in [0.29, 0.717) is 21.2 Å². The summed E-state index contributed by atoms with van der Waals surface area (Å²) in [6, 6.07) is 8.66. The molecule has 0 aliphatic carbocycles. The number of hydrogen-bond acceptors (Lipinski definition) is 4. The van der Waals surface area contributed by atoms with Gasteiger partial charge < -0.3 is 9.15 Å². The Bertz CT molecular complexity index is 700. The molecular formula is C15H14BrClN2O3. The first-order chi connectivity index (χ1) is 10.5. The van der Waals surface area contributed by atoms with Gasteiger partial charge in [0, 0.05) is 5.02 Å². The highest BCUT2D eigenvalue weighted by atomic mass is 79.9. The minimum Gasteiger partial charge on any atom is -0.481 e. The molecule has 116 valence electrons. The highest BCUT2D eigenvalue weighted by Gasteiger charge is 2.15. The van der Waals surface area contributed by atoms with E-state index in [1.807, 2.05) is 6.92 Å². The third-order valence-corrected chi connectivity index (χ3v) is 3.43. The first kappa shape index (κ1) is 16.6. The van der Waals surface area contributed by atoms with Crippen molar-refractivity contribution in [3.8, 4) is 5.75 Å². The molecule has 1 N–H and O–H groups in total. The lowest BCUT2D eigenvalue weighted by molar-refractivity contribution is -0.127. The molecule has 0 saturated carbocycles. The zero-order chi connectivity index (χ0) is 16.1. The molecule has 0 spiro atoms. The number of furan rings is 1. The molecule has 1 aromatic carbocycles. The number of amides is 1. The lowest BCUT2D eigenvalue weighted by Gasteiger charge is -2.14. The molecule has 22 heavy (non-hydrogen) atoms. The van der Waals surface area contributed by atoms with E-state index in [2.05, 4.69) is 26.5 Å². The number of rotatable bonds is 5. The van der Waals surface area contributed by atoms with Gasteiger partial charge in [0.1, 0.15) is 11.5 Å². The number of nitrogens with zero attached hydrogens (tertiary/aromatic N) is 1. The van der Waals surface area contributed by atoms with Crippen LogP contribution in [0.3, 0.4) is 0 Å². The number of ether oxygens (including phenoxy) is 1. The van der Waals surface area contributed by atoms with E-state index in [0.717, 1.165) is 5.56 Å². The number of carbonyl (C=O) groups is 1. The van der Waals surface area contributed by atoms with Gasteiger partial charge in [0.2, 0.25) is 0 Å². The van der Waals surface area contributed by atoms with Crippen molar-refractivity contribution >= 4 is 39.7 Å². The van der Waals surface area contributed by atoms with Crippen LogP contribution in [0.25, 0.3) is 0 Å². The first-order valence-corrected chi connectivity index (χ1v) is 7.64. The highest BCUT2D eigenvalue weighted by Crippen LogP contribution is 2.22. The molecule has 0 bridgehead atoms. The standard InChI is InChI=1S/C15H14BrClN2O3/c1-9-7-11(17)3-5-13(9)21-10(2)15(20)19-18-8-12-4-6-14(16)22-12/h3-8,10H,1-2H3,(H,19,20)/t10-/m1/s1. The van der Waals surface area contributed by atoms with Gasteiger partial charge >= 0.3 is 0 Å². The molecule has 0 unspecified atom stereocenters. The van der Waals surface area contributed by atoms with Crippen molar-refractivity contribution in [3.05, 3.63) is 51.3 Å². The van der Waals surface area contributed by atoms with E-state index in [-0.39, 0.29) is 5.91 Å². The van der Waals surface area contributed by atoms with Crippen LogP contribution in [0, 0.1) is 6.92 Å². The SMILES string of the molecule is Cc1cc(Cl)ccc1O[C@H](C)C(=O)NN=Cc1ccc(Br)o1. The summed E-state index contributed by atoms with van der Waals surface area (Å²) < 4.78 is 11.4. The third-order valence-electron chi connectivity index (χ3n) is 2.77.